The molecule has 14 heteroatoms. The van der Waals surface area contributed by atoms with Gasteiger partial charge in [0.05, 0.1) is 29.3 Å². The topological polar surface area (TPSA) is 147 Å². The predicted octanol–water partition coefficient (Wildman–Crippen LogP) is 4.43. The molecule has 268 valence electrons. The van der Waals surface area contributed by atoms with Crippen LogP contribution in [0.3, 0.4) is 0 Å². The fraction of sp³-hybridized carbons (Fsp3) is 0.0789. The van der Waals surface area contributed by atoms with Crippen LogP contribution in [0.25, 0.3) is 21.5 Å². The van der Waals surface area contributed by atoms with E-state index in [1.54, 1.807) is 18.2 Å². The molecule has 0 aliphatic heterocycles. The van der Waals surface area contributed by atoms with Crippen LogP contribution in [0, 0.1) is 5.82 Å². The van der Waals surface area contributed by atoms with Crippen molar-refractivity contribution in [3.05, 3.63) is 176 Å². The van der Waals surface area contributed by atoms with Crippen molar-refractivity contribution in [1.82, 2.24) is 20.4 Å². The van der Waals surface area contributed by atoms with E-state index in [9.17, 15) is 23.2 Å². The zero-order valence-corrected chi connectivity index (χ0v) is 27.5. The number of fused-ring (bicyclic) bond motifs is 2. The molecule has 0 saturated heterocycles. The van der Waals surface area contributed by atoms with Crippen LogP contribution in [-0.4, -0.2) is 33.5 Å². The third-order valence-corrected chi connectivity index (χ3v) is 7.59. The zero-order chi connectivity index (χ0) is 36.8. The van der Waals surface area contributed by atoms with Crippen LogP contribution in [0.1, 0.15) is 32.9 Å². The van der Waals surface area contributed by atoms with Gasteiger partial charge in [-0.1, -0.05) is 60.7 Å². The second kappa shape index (κ2) is 19.5. The molecule has 7 aromatic rings. The Bertz CT molecular complexity index is 2320. The number of aromatic nitrogens is 4. The molecule has 52 heavy (non-hydrogen) atoms. The molecular weight excluding hydrogens is 683 g/mol. The number of nitrogens with two attached hydrogens (primary N) is 1. The molecule has 0 bridgehead atoms. The maximum atomic E-state index is 13.0. The second-order valence-electron chi connectivity index (χ2n) is 10.8. The molecule has 5 N–H and O–H groups in total. The first-order valence-electron chi connectivity index (χ1n) is 15.3. The number of halogens is 5. The number of H-pyrrole nitrogens is 2. The lowest BCUT2D eigenvalue weighted by molar-refractivity contribution is -0.0000195. The summed E-state index contributed by atoms with van der Waals surface area (Å²) in [6, 6.07) is 35.3. The molecule has 2 heterocycles. The lowest BCUT2D eigenvalue weighted by Gasteiger charge is -2.08. The van der Waals surface area contributed by atoms with Gasteiger partial charge in [-0.25, -0.2) is 14.6 Å². The molecule has 1 amide bonds. The van der Waals surface area contributed by atoms with Gasteiger partial charge in [-0.15, -0.1) is 0 Å². The van der Waals surface area contributed by atoms with E-state index in [2.05, 4.69) is 25.7 Å². The molecule has 7 rings (SSSR count). The highest BCUT2D eigenvalue weighted by Gasteiger charge is 2.10. The minimum atomic E-state index is -0.385. The highest BCUT2D eigenvalue weighted by molar-refractivity contribution is 6.04. The highest BCUT2D eigenvalue weighted by Crippen LogP contribution is 2.19. The molecule has 0 aliphatic carbocycles. The molecule has 0 fully saturated rings. The van der Waals surface area contributed by atoms with E-state index in [4.69, 9.17) is 14.9 Å². The van der Waals surface area contributed by atoms with Gasteiger partial charge in [0.15, 0.2) is 0 Å². The molecule has 5 aromatic carbocycles. The van der Waals surface area contributed by atoms with E-state index < -0.39 is 0 Å². The van der Waals surface area contributed by atoms with Gasteiger partial charge in [-0.3, -0.25) is 18.8 Å². The van der Waals surface area contributed by atoms with Gasteiger partial charge in [0.25, 0.3) is 17.0 Å². The van der Waals surface area contributed by atoms with Crippen LogP contribution in [0.2, 0.25) is 0 Å². The molecule has 0 radical (unpaired) electrons. The Labute approximate surface area is 293 Å². The molecule has 2 aromatic heterocycles. The van der Waals surface area contributed by atoms with E-state index in [0.717, 1.165) is 39.0 Å². The van der Waals surface area contributed by atoms with Crippen molar-refractivity contribution in [2.45, 2.75) is 12.8 Å². The van der Waals surface area contributed by atoms with E-state index in [-0.39, 0.29) is 27.5 Å². The summed E-state index contributed by atoms with van der Waals surface area (Å²) in [5.74, 6) is -0.690. The van der Waals surface area contributed by atoms with Crippen molar-refractivity contribution in [1.29, 1.82) is 0 Å². The number of aromatic amines is 2. The van der Waals surface area contributed by atoms with Gasteiger partial charge in [-0.05, 0) is 71.8 Å². The average Bonchev–Trinajstić information content (AvgIpc) is 3.18. The first-order chi connectivity index (χ1) is 24.8. The number of nitrogens with zero attached hydrogens (tertiary/aromatic N) is 2. The van der Waals surface area contributed by atoms with Gasteiger partial charge in [-0.2, -0.15) is 10.2 Å². The number of carbonyl (C=O) groups excluding carboxylic acids is 1. The van der Waals surface area contributed by atoms with Gasteiger partial charge >= 0.3 is 0 Å². The van der Waals surface area contributed by atoms with E-state index in [1.807, 2.05) is 78.9 Å². The van der Waals surface area contributed by atoms with Crippen molar-refractivity contribution in [3.8, 4) is 0 Å². The van der Waals surface area contributed by atoms with Gasteiger partial charge in [0, 0.05) is 49.7 Å². The van der Waals surface area contributed by atoms with Gasteiger partial charge in [0.1, 0.15) is 5.82 Å². The average molecular weight is 716 g/mol. The third kappa shape index (κ3) is 10.2. The van der Waals surface area contributed by atoms with Crippen LogP contribution in [0.5, 0.6) is 0 Å². The number of rotatable bonds is 6. The second-order valence-corrected chi connectivity index (χ2v) is 10.8. The Morgan fingerprint density at radius 2 is 1.04 bits per heavy atom. The summed E-state index contributed by atoms with van der Waals surface area (Å²) in [4.78, 5) is 35.8. The molecular formula is C38H32F5N6O3-. The number of carbonyl (C=O) groups is 1. The van der Waals surface area contributed by atoms with E-state index >= 15 is 0 Å². The largest absolute Gasteiger partial charge is 1.00 e. The standard InChI is InChI=1S/C22H16FN3O2.C15H13N3O.CH3F.F2.FH/c23-16-9-7-15(8-10-16)21(27)24-17-11-5-14(6-12-17)13-20-18-3-1-2-4-19(18)22(28)26-25-20;16-11-7-5-10(6-8-11)9-14-12-3-1-2-4-13(12)15(19)18-17-14;2*1-2;/h1-12H,13H2,(H,24,27)(H,26,28);1-8H,9,16H2,(H,18,19);1H3;;1H/p-1. The van der Waals surface area contributed by atoms with Crippen LogP contribution in [0.4, 0.5) is 29.3 Å². The number of anilines is 2. The molecule has 9 nitrogen and oxygen atoms in total. The van der Waals surface area contributed by atoms with Crippen LogP contribution < -0.4 is 26.9 Å². The van der Waals surface area contributed by atoms with E-state index in [1.165, 1.54) is 24.3 Å². The van der Waals surface area contributed by atoms with Crippen LogP contribution in [0.15, 0.2) is 131 Å². The first-order valence-corrected chi connectivity index (χ1v) is 15.3. The minimum Gasteiger partial charge on any atom is -1.00 e. The number of hydrogen-bond donors (Lipinski definition) is 4. The van der Waals surface area contributed by atoms with Crippen molar-refractivity contribution in [2.24, 2.45) is 0 Å². The highest BCUT2D eigenvalue weighted by atomic mass is 20.0. The predicted molar refractivity (Wildman–Crippen MR) is 191 cm³/mol. The summed E-state index contributed by atoms with van der Waals surface area (Å²) in [7, 11) is 0.500. The summed E-state index contributed by atoms with van der Waals surface area (Å²) >= 11 is 0. The molecule has 0 aliphatic rings. The van der Waals surface area contributed by atoms with Gasteiger partial charge < -0.3 is 15.8 Å². The smallest absolute Gasteiger partial charge is 0.272 e. The summed E-state index contributed by atoms with van der Waals surface area (Å²) in [6.07, 6.45) is 1.21. The summed E-state index contributed by atoms with van der Waals surface area (Å²) < 4.78 is 38.5. The quantitative estimate of drug-likeness (QED) is 0.148. The molecule has 0 atom stereocenters. The minimum absolute atomic E-state index is 0. The number of hydrogen-bond acceptors (Lipinski definition) is 6. The Hall–Kier alpha value is -6.70. The monoisotopic (exact) mass is 715 g/mol. The first kappa shape index (κ1) is 39.7. The molecule has 0 spiro atoms. The van der Waals surface area contributed by atoms with Crippen molar-refractivity contribution >= 4 is 38.8 Å². The van der Waals surface area contributed by atoms with Crippen molar-refractivity contribution < 1.29 is 27.4 Å². The molecule has 0 unspecified atom stereocenters. The summed E-state index contributed by atoms with van der Waals surface area (Å²) in [5, 5.41) is 19.2. The van der Waals surface area contributed by atoms with E-state index in [0.29, 0.717) is 42.0 Å². The normalized spacial score (nSPS) is 9.94. The van der Waals surface area contributed by atoms with Gasteiger partial charge in [0.2, 0.25) is 0 Å². The Balaban J connectivity index is 0.000000266. The number of amides is 1. The van der Waals surface area contributed by atoms with Crippen molar-refractivity contribution in [3.63, 3.8) is 0 Å². The molecule has 0 saturated carbocycles. The lowest BCUT2D eigenvalue weighted by Crippen LogP contribution is -3.00. The van der Waals surface area contributed by atoms with Crippen molar-refractivity contribution in [2.75, 3.05) is 18.2 Å². The Kier molecular flexibility index (Phi) is 14.9. The van der Waals surface area contributed by atoms with Crippen LogP contribution >= 0.6 is 0 Å². The Morgan fingerprint density at radius 3 is 1.48 bits per heavy atom. The zero-order valence-electron chi connectivity index (χ0n) is 27.5. The lowest BCUT2D eigenvalue weighted by atomic mass is 10.0. The SMILES string of the molecule is CF.FF.Nc1ccc(Cc2n[nH]c(=O)c3ccccc23)cc1.O=C(Nc1ccc(Cc2n[nH]c(=O)c3ccccc23)cc1)c1ccc(F)cc1.[F-]. The third-order valence-electron chi connectivity index (χ3n) is 7.59. The number of alkyl halides is 1. The fourth-order valence-electron chi connectivity index (χ4n) is 5.15. The number of nitrogen functional groups attached to an aromatic ring is 1. The number of benzene rings is 5. The maximum Gasteiger partial charge on any atom is 0.272 e. The summed E-state index contributed by atoms with van der Waals surface area (Å²) in [5.41, 5.74) is 10.8. The maximum absolute atomic E-state index is 13.0. The van der Waals surface area contributed by atoms with Crippen LogP contribution in [-0.2, 0) is 12.8 Å². The fourth-order valence-corrected chi connectivity index (χ4v) is 5.15. The summed E-state index contributed by atoms with van der Waals surface area (Å²) in [6.45, 7) is 0. The Morgan fingerprint density at radius 1 is 0.635 bits per heavy atom. The number of nitrogens with one attached hydrogen (secondary N) is 3.